The molecule has 4 atom stereocenters. The van der Waals surface area contributed by atoms with Gasteiger partial charge >= 0.3 is 6.18 Å². The van der Waals surface area contributed by atoms with E-state index in [0.717, 1.165) is 29.8 Å². The van der Waals surface area contributed by atoms with Gasteiger partial charge in [-0.2, -0.15) is 13.2 Å². The molecule has 8 nitrogen and oxygen atoms in total. The molecule has 188 valence electrons. The van der Waals surface area contributed by atoms with Crippen LogP contribution < -0.4 is 15.4 Å². The van der Waals surface area contributed by atoms with Gasteiger partial charge in [-0.3, -0.25) is 4.79 Å². The third-order valence-electron chi connectivity index (χ3n) is 6.20. The highest BCUT2D eigenvalue weighted by molar-refractivity contribution is 5.94. The summed E-state index contributed by atoms with van der Waals surface area (Å²) in [6.07, 6.45) is -3.59. The molecule has 0 spiro atoms. The maximum Gasteiger partial charge on any atom is 0.416 e. The summed E-state index contributed by atoms with van der Waals surface area (Å²) in [4.78, 5) is 21.5. The fraction of sp³-hybridized carbons (Fsp3) is 0.320. The number of hydrogen-bond acceptors (Lipinski definition) is 7. The summed E-state index contributed by atoms with van der Waals surface area (Å²) in [5.41, 5.74) is 0.831. The Bertz CT molecular complexity index is 1240. The Kier molecular flexibility index (Phi) is 6.50. The number of carbonyl (C=O) groups is 1. The standard InChI is InChI=1S/C25H23F3N4O4/c1-34-20-5-3-2-4-16(20)17-10-11-29-24(31-17)32-19-13-36-21-18(12-35-22(19)21)30-23(33)14-6-8-15(9-7-14)25(26,27)28/h2-11,18-19,21-22H,12-13H2,1H3,(H,30,33)(H,29,31,32)/t18-,19+,21-,22+/m0/s1. The fourth-order valence-electron chi connectivity index (χ4n) is 4.41. The van der Waals surface area contributed by atoms with Crippen molar-refractivity contribution in [2.24, 2.45) is 0 Å². The molecular formula is C25H23F3N4O4. The number of benzene rings is 2. The van der Waals surface area contributed by atoms with E-state index >= 15 is 0 Å². The van der Waals surface area contributed by atoms with Crippen LogP contribution in [0.1, 0.15) is 15.9 Å². The molecule has 2 aromatic carbocycles. The topological polar surface area (TPSA) is 94.6 Å². The van der Waals surface area contributed by atoms with Gasteiger partial charge in [-0.15, -0.1) is 0 Å². The molecule has 0 radical (unpaired) electrons. The summed E-state index contributed by atoms with van der Waals surface area (Å²) >= 11 is 0. The van der Waals surface area contributed by atoms with Crippen molar-refractivity contribution in [2.45, 2.75) is 30.5 Å². The lowest BCUT2D eigenvalue weighted by molar-refractivity contribution is -0.137. The highest BCUT2D eigenvalue weighted by Gasteiger charge is 2.48. The van der Waals surface area contributed by atoms with Gasteiger partial charge in [0.2, 0.25) is 5.95 Å². The summed E-state index contributed by atoms with van der Waals surface area (Å²) in [6, 6.07) is 12.7. The first-order chi connectivity index (χ1) is 17.3. The minimum absolute atomic E-state index is 0.126. The van der Waals surface area contributed by atoms with Crippen molar-refractivity contribution < 1.29 is 32.2 Å². The van der Waals surface area contributed by atoms with Crippen LogP contribution in [-0.2, 0) is 15.7 Å². The molecule has 2 saturated heterocycles. The molecule has 11 heteroatoms. The van der Waals surface area contributed by atoms with Crippen LogP contribution in [-0.4, -0.2) is 60.5 Å². The zero-order valence-electron chi connectivity index (χ0n) is 19.2. The van der Waals surface area contributed by atoms with Crippen LogP contribution in [0, 0.1) is 0 Å². The number of alkyl halides is 3. The molecule has 2 N–H and O–H groups in total. The molecule has 2 fully saturated rings. The van der Waals surface area contributed by atoms with E-state index in [9.17, 15) is 18.0 Å². The van der Waals surface area contributed by atoms with Crippen molar-refractivity contribution in [3.8, 4) is 17.0 Å². The lowest BCUT2D eigenvalue weighted by Gasteiger charge is -2.19. The van der Waals surface area contributed by atoms with Gasteiger partial charge in [-0.25, -0.2) is 9.97 Å². The van der Waals surface area contributed by atoms with Gasteiger partial charge in [0.25, 0.3) is 5.91 Å². The second-order valence-electron chi connectivity index (χ2n) is 8.47. The number of aromatic nitrogens is 2. The molecule has 0 saturated carbocycles. The van der Waals surface area contributed by atoms with Crippen molar-refractivity contribution in [1.29, 1.82) is 0 Å². The van der Waals surface area contributed by atoms with E-state index in [0.29, 0.717) is 24.0 Å². The van der Waals surface area contributed by atoms with Crippen LogP contribution in [0.25, 0.3) is 11.3 Å². The minimum atomic E-state index is -4.46. The number of rotatable bonds is 6. The summed E-state index contributed by atoms with van der Waals surface area (Å²) < 4.78 is 55.6. The molecule has 0 bridgehead atoms. The maximum atomic E-state index is 12.8. The highest BCUT2D eigenvalue weighted by atomic mass is 19.4. The number of methoxy groups -OCH3 is 1. The van der Waals surface area contributed by atoms with Gasteiger partial charge in [0.15, 0.2) is 0 Å². The normalized spacial score (nSPS) is 23.2. The first kappa shape index (κ1) is 24.0. The number of fused-ring (bicyclic) bond motifs is 1. The van der Waals surface area contributed by atoms with E-state index < -0.39 is 29.8 Å². The predicted octanol–water partition coefficient (Wildman–Crippen LogP) is 3.55. The minimum Gasteiger partial charge on any atom is -0.496 e. The first-order valence-corrected chi connectivity index (χ1v) is 11.3. The Morgan fingerprint density at radius 1 is 1.00 bits per heavy atom. The second kappa shape index (κ2) is 9.75. The molecule has 36 heavy (non-hydrogen) atoms. The molecule has 5 rings (SSSR count). The van der Waals surface area contributed by atoms with Crippen molar-refractivity contribution in [3.63, 3.8) is 0 Å². The van der Waals surface area contributed by atoms with Crippen LogP contribution in [0.2, 0.25) is 0 Å². The smallest absolute Gasteiger partial charge is 0.416 e. The maximum absolute atomic E-state index is 12.8. The number of nitrogens with one attached hydrogen (secondary N) is 2. The van der Waals surface area contributed by atoms with Crippen LogP contribution >= 0.6 is 0 Å². The second-order valence-corrected chi connectivity index (χ2v) is 8.47. The highest BCUT2D eigenvalue weighted by Crippen LogP contribution is 2.32. The first-order valence-electron chi connectivity index (χ1n) is 11.3. The Hall–Kier alpha value is -3.70. The lowest BCUT2D eigenvalue weighted by Crippen LogP contribution is -2.44. The Morgan fingerprint density at radius 3 is 2.42 bits per heavy atom. The zero-order chi connectivity index (χ0) is 25.3. The SMILES string of the molecule is COc1ccccc1-c1ccnc(N[C@@H]2CO[C@@H]3[C@@H]2OC[C@@H]3NC(=O)c2ccc(C(F)(F)F)cc2)n1. The van der Waals surface area contributed by atoms with Crippen LogP contribution in [0.4, 0.5) is 19.1 Å². The number of anilines is 1. The van der Waals surface area contributed by atoms with Gasteiger partial charge in [0.05, 0.1) is 43.7 Å². The molecule has 2 aliphatic heterocycles. The largest absolute Gasteiger partial charge is 0.496 e. The van der Waals surface area contributed by atoms with E-state index in [4.69, 9.17) is 14.2 Å². The lowest BCUT2D eigenvalue weighted by atomic mass is 10.1. The van der Waals surface area contributed by atoms with Crippen molar-refractivity contribution >= 4 is 11.9 Å². The van der Waals surface area contributed by atoms with Gasteiger partial charge in [-0.05, 0) is 42.5 Å². The third-order valence-corrected chi connectivity index (χ3v) is 6.20. The number of hydrogen-bond donors (Lipinski definition) is 2. The molecule has 3 heterocycles. The molecule has 2 aliphatic rings. The average molecular weight is 500 g/mol. The van der Waals surface area contributed by atoms with Crippen LogP contribution in [0.5, 0.6) is 5.75 Å². The van der Waals surface area contributed by atoms with Crippen molar-refractivity contribution in [2.75, 3.05) is 25.6 Å². The number of para-hydroxylation sites is 1. The molecule has 1 aromatic heterocycles. The Labute approximate surface area is 204 Å². The van der Waals surface area contributed by atoms with Crippen LogP contribution in [0.3, 0.4) is 0 Å². The summed E-state index contributed by atoms with van der Waals surface area (Å²) in [7, 11) is 1.60. The molecule has 3 aromatic rings. The summed E-state index contributed by atoms with van der Waals surface area (Å²) in [5.74, 6) is 0.594. The summed E-state index contributed by atoms with van der Waals surface area (Å²) in [5, 5.41) is 6.06. The number of carbonyl (C=O) groups excluding carboxylic acids is 1. The fourth-order valence-corrected chi connectivity index (χ4v) is 4.41. The van der Waals surface area contributed by atoms with E-state index in [1.165, 1.54) is 0 Å². The molecular weight excluding hydrogens is 477 g/mol. The van der Waals surface area contributed by atoms with E-state index in [1.54, 1.807) is 19.4 Å². The summed E-state index contributed by atoms with van der Waals surface area (Å²) in [6.45, 7) is 0.520. The van der Waals surface area contributed by atoms with Gasteiger partial charge in [0.1, 0.15) is 18.0 Å². The molecule has 1 amide bonds. The van der Waals surface area contributed by atoms with Crippen molar-refractivity contribution in [3.05, 3.63) is 71.9 Å². The number of amides is 1. The van der Waals surface area contributed by atoms with Crippen LogP contribution in [0.15, 0.2) is 60.8 Å². The van der Waals surface area contributed by atoms with E-state index in [2.05, 4.69) is 20.6 Å². The van der Waals surface area contributed by atoms with Gasteiger partial charge in [0, 0.05) is 17.3 Å². The monoisotopic (exact) mass is 500 g/mol. The van der Waals surface area contributed by atoms with Gasteiger partial charge < -0.3 is 24.8 Å². The molecule has 0 unspecified atom stereocenters. The molecule has 0 aliphatic carbocycles. The Morgan fingerprint density at radius 2 is 1.69 bits per heavy atom. The predicted molar refractivity (Wildman–Crippen MR) is 124 cm³/mol. The third kappa shape index (κ3) is 4.84. The van der Waals surface area contributed by atoms with Gasteiger partial charge in [-0.1, -0.05) is 12.1 Å². The Balaban J connectivity index is 1.23. The number of halogens is 3. The number of nitrogens with zero attached hydrogens (tertiary/aromatic N) is 2. The van der Waals surface area contributed by atoms with E-state index in [-0.39, 0.29) is 24.3 Å². The van der Waals surface area contributed by atoms with E-state index in [1.807, 2.05) is 24.3 Å². The number of ether oxygens (including phenoxy) is 3. The van der Waals surface area contributed by atoms with Crippen molar-refractivity contribution in [1.82, 2.24) is 15.3 Å². The zero-order valence-corrected chi connectivity index (χ0v) is 19.2. The average Bonchev–Trinajstić information content (AvgIpc) is 3.47. The quantitative estimate of drug-likeness (QED) is 0.535.